The molecule has 6 aromatic rings. The summed E-state index contributed by atoms with van der Waals surface area (Å²) in [6.07, 6.45) is 23.1. The van der Waals surface area contributed by atoms with Gasteiger partial charge in [-0.25, -0.2) is 14.4 Å². The molecule has 0 radical (unpaired) electrons. The van der Waals surface area contributed by atoms with Crippen molar-refractivity contribution in [3.63, 3.8) is 0 Å². The van der Waals surface area contributed by atoms with Crippen LogP contribution in [-0.2, 0) is 0 Å². The molecule has 0 unspecified atom stereocenters. The Morgan fingerprint density at radius 2 is 0.789 bits per heavy atom. The van der Waals surface area contributed by atoms with E-state index in [1.807, 2.05) is 78.9 Å². The normalized spacial score (nSPS) is 10.8. The first kappa shape index (κ1) is 53.2. The largest absolute Gasteiger partial charge is 0.494 e. The zero-order valence-corrected chi connectivity index (χ0v) is 41.7. The number of esters is 3. The van der Waals surface area contributed by atoms with Crippen molar-refractivity contribution < 1.29 is 42.8 Å². The predicted molar refractivity (Wildman–Crippen MR) is 283 cm³/mol. The van der Waals surface area contributed by atoms with Gasteiger partial charge in [0.05, 0.1) is 37.0 Å². The first-order valence-electron chi connectivity index (χ1n) is 25.6. The Balaban J connectivity index is 0.925. The summed E-state index contributed by atoms with van der Waals surface area (Å²) >= 11 is 0. The van der Waals surface area contributed by atoms with Crippen molar-refractivity contribution in [1.29, 1.82) is 0 Å². The zero-order valence-electron chi connectivity index (χ0n) is 41.7. The van der Waals surface area contributed by atoms with Crippen molar-refractivity contribution in [3.05, 3.63) is 169 Å². The van der Waals surface area contributed by atoms with E-state index in [2.05, 4.69) is 13.5 Å². The molecule has 0 saturated carbocycles. The molecular weight excluding hydrogens is 889 g/mol. The highest BCUT2D eigenvalue weighted by molar-refractivity contribution is 5.97. The molecule has 0 aliphatic carbocycles. The zero-order chi connectivity index (χ0) is 49.9. The molecule has 6 aromatic carbocycles. The van der Waals surface area contributed by atoms with Crippen LogP contribution in [-0.4, -0.2) is 38.2 Å². The summed E-state index contributed by atoms with van der Waals surface area (Å²) in [5, 5.41) is 0. The predicted octanol–water partition coefficient (Wildman–Crippen LogP) is 16.3. The van der Waals surface area contributed by atoms with Crippen LogP contribution in [0, 0.1) is 0 Å². The Morgan fingerprint density at radius 3 is 1.21 bits per heavy atom. The van der Waals surface area contributed by atoms with Crippen molar-refractivity contribution in [2.24, 2.45) is 0 Å². The third-order valence-corrected chi connectivity index (χ3v) is 12.3. The van der Waals surface area contributed by atoms with Gasteiger partial charge in [-0.2, -0.15) is 0 Å². The lowest BCUT2D eigenvalue weighted by Gasteiger charge is -2.12. The summed E-state index contributed by atoms with van der Waals surface area (Å²) in [5.41, 5.74) is 4.44. The van der Waals surface area contributed by atoms with Gasteiger partial charge in [-0.05, 0) is 133 Å². The van der Waals surface area contributed by atoms with E-state index in [0.717, 1.165) is 53.0 Å². The topological polar surface area (TPSA) is 107 Å². The first-order valence-corrected chi connectivity index (χ1v) is 25.6. The van der Waals surface area contributed by atoms with E-state index in [9.17, 15) is 14.4 Å². The monoisotopic (exact) mass is 959 g/mol. The third-order valence-electron chi connectivity index (χ3n) is 12.3. The molecule has 0 heterocycles. The lowest BCUT2D eigenvalue weighted by atomic mass is 10.1. The second-order valence-electron chi connectivity index (χ2n) is 17.8. The summed E-state index contributed by atoms with van der Waals surface area (Å²) in [4.78, 5) is 39.7. The van der Waals surface area contributed by atoms with Crippen LogP contribution in [0.5, 0.6) is 34.5 Å². The lowest BCUT2D eigenvalue weighted by molar-refractivity contribution is 0.0724. The average Bonchev–Trinajstić information content (AvgIpc) is 3.40. The molecule has 6 rings (SSSR count). The molecule has 0 amide bonds. The fourth-order valence-electron chi connectivity index (χ4n) is 8.13. The molecule has 0 aliphatic rings. The summed E-state index contributed by atoms with van der Waals surface area (Å²) in [6, 6.07) is 40.9. The number of hydrogen-bond acceptors (Lipinski definition) is 9. The van der Waals surface area contributed by atoms with Crippen LogP contribution in [0.25, 0.3) is 22.3 Å². The fourth-order valence-corrected chi connectivity index (χ4v) is 8.13. The van der Waals surface area contributed by atoms with E-state index in [1.54, 1.807) is 36.4 Å². The SMILES string of the molecule is C=CCCCCCCCCCOc1ccc(-c2ccc(OC(=O)c3cccc(C(=O)Oc4ccc(C(=O)Oc5ccc(-c6ccc(OCCCCCCCCCCC)cc6)cc5)cc4OC)c3)cc2)cc1. The van der Waals surface area contributed by atoms with Gasteiger partial charge in [0.25, 0.3) is 0 Å². The van der Waals surface area contributed by atoms with E-state index in [0.29, 0.717) is 24.7 Å². The number of ether oxygens (including phenoxy) is 6. The molecule has 0 aromatic heterocycles. The molecule has 0 atom stereocenters. The van der Waals surface area contributed by atoms with Crippen LogP contribution in [0.4, 0.5) is 0 Å². The van der Waals surface area contributed by atoms with Crippen LogP contribution in [0.3, 0.4) is 0 Å². The van der Waals surface area contributed by atoms with Crippen molar-refractivity contribution in [3.8, 4) is 56.8 Å². The van der Waals surface area contributed by atoms with Gasteiger partial charge in [-0.15, -0.1) is 6.58 Å². The summed E-state index contributed by atoms with van der Waals surface area (Å²) in [7, 11) is 1.41. The number of methoxy groups -OCH3 is 1. The minimum absolute atomic E-state index is 0.0838. The highest BCUT2D eigenvalue weighted by Gasteiger charge is 2.19. The Kier molecular flexibility index (Phi) is 22.3. The van der Waals surface area contributed by atoms with Gasteiger partial charge in [-0.3, -0.25) is 0 Å². The number of benzene rings is 6. The maximum absolute atomic E-state index is 13.3. The van der Waals surface area contributed by atoms with E-state index in [-0.39, 0.29) is 28.2 Å². The smallest absolute Gasteiger partial charge is 0.343 e. The molecule has 9 nitrogen and oxygen atoms in total. The highest BCUT2D eigenvalue weighted by Crippen LogP contribution is 2.31. The highest BCUT2D eigenvalue weighted by atomic mass is 16.6. The van der Waals surface area contributed by atoms with E-state index >= 15 is 0 Å². The molecule has 372 valence electrons. The Hall–Kier alpha value is -7.13. The van der Waals surface area contributed by atoms with Crippen molar-refractivity contribution in [2.75, 3.05) is 20.3 Å². The Labute approximate surface area is 421 Å². The lowest BCUT2D eigenvalue weighted by Crippen LogP contribution is -2.13. The van der Waals surface area contributed by atoms with Gasteiger partial charge in [0.15, 0.2) is 11.5 Å². The molecule has 0 spiro atoms. The molecule has 0 saturated heterocycles. The first-order chi connectivity index (χ1) is 34.8. The van der Waals surface area contributed by atoms with Gasteiger partial charge in [-0.1, -0.05) is 151 Å². The maximum atomic E-state index is 13.3. The van der Waals surface area contributed by atoms with Crippen LogP contribution in [0.1, 0.15) is 147 Å². The molecule has 9 heteroatoms. The van der Waals surface area contributed by atoms with Gasteiger partial charge in [0.2, 0.25) is 0 Å². The molecule has 0 aliphatic heterocycles. The van der Waals surface area contributed by atoms with Crippen LogP contribution in [0.2, 0.25) is 0 Å². The number of rotatable bonds is 31. The maximum Gasteiger partial charge on any atom is 0.343 e. The molecule has 0 bridgehead atoms. The third kappa shape index (κ3) is 18.0. The van der Waals surface area contributed by atoms with E-state index in [4.69, 9.17) is 28.4 Å². The second kappa shape index (κ2) is 29.8. The van der Waals surface area contributed by atoms with Gasteiger partial charge in [0.1, 0.15) is 23.0 Å². The van der Waals surface area contributed by atoms with E-state index < -0.39 is 17.9 Å². The Morgan fingerprint density at radius 1 is 0.408 bits per heavy atom. The summed E-state index contributed by atoms with van der Waals surface area (Å²) in [5.74, 6) is 0.671. The number of carbonyl (C=O) groups is 3. The number of unbranched alkanes of at least 4 members (excludes halogenated alkanes) is 15. The summed E-state index contributed by atoms with van der Waals surface area (Å²) in [6.45, 7) is 7.45. The molecule has 0 N–H and O–H groups in total. The van der Waals surface area contributed by atoms with Crippen molar-refractivity contribution in [1.82, 2.24) is 0 Å². The van der Waals surface area contributed by atoms with Gasteiger partial charge in [0, 0.05) is 0 Å². The van der Waals surface area contributed by atoms with Crippen LogP contribution in [0.15, 0.2) is 152 Å². The minimum Gasteiger partial charge on any atom is -0.494 e. The number of allylic oxidation sites excluding steroid dienone is 1. The summed E-state index contributed by atoms with van der Waals surface area (Å²) < 4.78 is 34.4. The van der Waals surface area contributed by atoms with Crippen LogP contribution < -0.4 is 28.4 Å². The quantitative estimate of drug-likeness (QED) is 0.0182. The Bertz CT molecular complexity index is 2550. The molecule has 71 heavy (non-hydrogen) atoms. The van der Waals surface area contributed by atoms with Crippen molar-refractivity contribution in [2.45, 2.75) is 116 Å². The van der Waals surface area contributed by atoms with Gasteiger partial charge >= 0.3 is 17.9 Å². The second-order valence-corrected chi connectivity index (χ2v) is 17.8. The molecule has 0 fully saturated rings. The van der Waals surface area contributed by atoms with E-state index in [1.165, 1.54) is 127 Å². The average molecular weight is 959 g/mol. The molecular formula is C62H70O9. The van der Waals surface area contributed by atoms with Crippen LogP contribution >= 0.6 is 0 Å². The van der Waals surface area contributed by atoms with Crippen molar-refractivity contribution >= 4 is 17.9 Å². The standard InChI is InChI=1S/C62H70O9/c1-4-6-8-10-12-14-16-18-20-43-67-54-34-25-47(26-35-54)49-29-38-56(39-30-49)69-60(63)51-23-22-24-52(45-51)62(65)71-58-42-33-53(46-59(58)66-3)61(64)70-57-40-31-50(32-41-57)48-27-36-55(37-28-48)68-44-21-19-17-15-13-11-9-7-5-2/h4,22-42,45-46H,1,5-21,43-44H2,2-3H3. The fraction of sp³-hybridized carbons (Fsp3) is 0.339. The van der Waals surface area contributed by atoms with Gasteiger partial charge < -0.3 is 28.4 Å². The number of hydrogen-bond donors (Lipinski definition) is 0. The number of carbonyl (C=O) groups excluding carboxylic acids is 3. The minimum atomic E-state index is -0.730.